The predicted molar refractivity (Wildman–Crippen MR) is 199 cm³/mol. The van der Waals surface area contributed by atoms with E-state index in [1.807, 2.05) is 106 Å². The smallest absolute Gasteiger partial charge is 0.407 e. The van der Waals surface area contributed by atoms with Crippen LogP contribution in [0.3, 0.4) is 0 Å². The molecule has 0 unspecified atom stereocenters. The molecule has 3 amide bonds. The van der Waals surface area contributed by atoms with Crippen LogP contribution in [0, 0.1) is 5.92 Å². The number of nitrogens with one attached hydrogen (secondary N) is 3. The first-order valence-corrected chi connectivity index (χ1v) is 17.4. The first kappa shape index (κ1) is 40.8. The normalized spacial score (nSPS) is 14.8. The van der Waals surface area contributed by atoms with Crippen molar-refractivity contribution >= 4 is 17.9 Å². The summed E-state index contributed by atoms with van der Waals surface area (Å²) in [5.74, 6) is -1.06. The molecule has 10 nitrogen and oxygen atoms in total. The molecule has 0 bridgehead atoms. The van der Waals surface area contributed by atoms with E-state index in [1.54, 1.807) is 26.8 Å². The Labute approximate surface area is 302 Å². The maximum Gasteiger partial charge on any atom is 0.407 e. The van der Waals surface area contributed by atoms with Crippen molar-refractivity contribution in [3.8, 4) is 5.75 Å². The highest BCUT2D eigenvalue weighted by molar-refractivity contribution is 5.89. The summed E-state index contributed by atoms with van der Waals surface area (Å²) in [5.41, 5.74) is 1.49. The van der Waals surface area contributed by atoms with Crippen LogP contribution in [0.15, 0.2) is 97.1 Å². The molecule has 3 rings (SSSR count). The molecule has 0 aliphatic heterocycles. The van der Waals surface area contributed by atoms with Crippen LogP contribution in [-0.4, -0.2) is 70.7 Å². The molecule has 0 saturated heterocycles. The number of alkyl carbamates (subject to hydrolysis) is 1. The van der Waals surface area contributed by atoms with Crippen LogP contribution in [0.25, 0.3) is 0 Å². The molecule has 0 aliphatic rings. The van der Waals surface area contributed by atoms with Gasteiger partial charge in [-0.15, -0.1) is 0 Å². The third kappa shape index (κ3) is 15.0. The number of hydrogen-bond acceptors (Lipinski definition) is 7. The Morgan fingerprint density at radius 1 is 0.706 bits per heavy atom. The van der Waals surface area contributed by atoms with Crippen molar-refractivity contribution in [3.05, 3.63) is 114 Å². The maximum absolute atomic E-state index is 13.7. The Bertz CT molecular complexity index is 1550. The molecule has 5 atom stereocenters. The molecule has 0 saturated carbocycles. The number of benzene rings is 3. The monoisotopic (exact) mass is 701 g/mol. The molecule has 0 fully saturated rings. The Morgan fingerprint density at radius 2 is 1.25 bits per heavy atom. The number of likely N-dealkylation sites (N-methyl/N-ethyl adjacent to an activating group) is 1. The van der Waals surface area contributed by atoms with E-state index in [2.05, 4.69) is 16.0 Å². The minimum absolute atomic E-state index is 0.0668. The molecule has 0 aliphatic carbocycles. The standard InChI is InChI=1S/C41H55N3O7/c1-40(2,3)50-31-23-21-30(22-24-31)26-33(44-39(49)51-41(4,5)6)36(46)20-14-19-35(45)32(25-28-15-10-8-11-16-28)37(47)43-34(38(48)42-7)27-29-17-12-9-13-18-29/h8-19,21-24,32-36,45-46H,20,25-27H2,1-7H3,(H,42,48)(H,43,47)(H,44,49)/b19-14+/t32-,33+,34+,35+,36+/m1/s1. The van der Waals surface area contributed by atoms with Gasteiger partial charge in [-0.05, 0) is 89.6 Å². The van der Waals surface area contributed by atoms with Crippen molar-refractivity contribution in [1.82, 2.24) is 16.0 Å². The van der Waals surface area contributed by atoms with E-state index < -0.39 is 47.8 Å². The fourth-order valence-corrected chi connectivity index (χ4v) is 5.45. The van der Waals surface area contributed by atoms with Crippen LogP contribution >= 0.6 is 0 Å². The number of hydrogen-bond donors (Lipinski definition) is 5. The Morgan fingerprint density at radius 3 is 1.78 bits per heavy atom. The van der Waals surface area contributed by atoms with Gasteiger partial charge >= 0.3 is 6.09 Å². The first-order chi connectivity index (χ1) is 24.0. The number of aliphatic hydroxyl groups excluding tert-OH is 2. The number of rotatable bonds is 16. The molecule has 51 heavy (non-hydrogen) atoms. The van der Waals surface area contributed by atoms with E-state index in [0.29, 0.717) is 12.2 Å². The largest absolute Gasteiger partial charge is 0.488 e. The van der Waals surface area contributed by atoms with E-state index >= 15 is 0 Å². The van der Waals surface area contributed by atoms with Crippen molar-refractivity contribution in [3.63, 3.8) is 0 Å². The molecular weight excluding hydrogens is 646 g/mol. The highest BCUT2D eigenvalue weighted by Gasteiger charge is 2.30. The summed E-state index contributed by atoms with van der Waals surface area (Å²) in [6.07, 6.45) is 0.972. The van der Waals surface area contributed by atoms with Crippen LogP contribution in [0.1, 0.15) is 64.7 Å². The maximum atomic E-state index is 13.7. The summed E-state index contributed by atoms with van der Waals surface area (Å²) >= 11 is 0. The highest BCUT2D eigenvalue weighted by Crippen LogP contribution is 2.21. The number of carbonyl (C=O) groups excluding carboxylic acids is 3. The summed E-state index contributed by atoms with van der Waals surface area (Å²) in [5, 5.41) is 31.0. The summed E-state index contributed by atoms with van der Waals surface area (Å²) in [6.45, 7) is 11.2. The fraction of sp³-hybridized carbons (Fsp3) is 0.439. The van der Waals surface area contributed by atoms with Gasteiger partial charge in [0.25, 0.3) is 0 Å². The molecule has 0 aromatic heterocycles. The van der Waals surface area contributed by atoms with Gasteiger partial charge in [0.1, 0.15) is 23.0 Å². The second-order valence-corrected chi connectivity index (χ2v) is 14.7. The second-order valence-electron chi connectivity index (χ2n) is 14.7. The molecular formula is C41H55N3O7. The summed E-state index contributed by atoms with van der Waals surface area (Å²) < 4.78 is 11.4. The van der Waals surface area contributed by atoms with Gasteiger partial charge in [0.15, 0.2) is 0 Å². The van der Waals surface area contributed by atoms with Gasteiger partial charge in [-0.3, -0.25) is 9.59 Å². The zero-order valence-corrected chi connectivity index (χ0v) is 30.9. The summed E-state index contributed by atoms with van der Waals surface area (Å²) in [7, 11) is 1.51. The third-order valence-corrected chi connectivity index (χ3v) is 7.89. The minimum Gasteiger partial charge on any atom is -0.488 e. The topological polar surface area (TPSA) is 146 Å². The fourth-order valence-electron chi connectivity index (χ4n) is 5.45. The second kappa shape index (κ2) is 19.1. The molecule has 10 heteroatoms. The molecule has 276 valence electrons. The van der Waals surface area contributed by atoms with Crippen molar-refractivity contribution in [2.45, 2.75) is 103 Å². The molecule has 0 spiro atoms. The summed E-state index contributed by atoms with van der Waals surface area (Å²) in [4.78, 5) is 39.3. The van der Waals surface area contributed by atoms with Gasteiger partial charge < -0.3 is 35.6 Å². The Balaban J connectivity index is 1.78. The number of ether oxygens (including phenoxy) is 2. The number of amides is 3. The minimum atomic E-state index is -1.24. The van der Waals surface area contributed by atoms with E-state index in [-0.39, 0.29) is 30.8 Å². The lowest BCUT2D eigenvalue weighted by Crippen LogP contribution is -2.50. The predicted octanol–water partition coefficient (Wildman–Crippen LogP) is 5.30. The van der Waals surface area contributed by atoms with E-state index in [9.17, 15) is 24.6 Å². The van der Waals surface area contributed by atoms with Crippen molar-refractivity contribution < 1.29 is 34.1 Å². The number of carbonyl (C=O) groups is 3. The van der Waals surface area contributed by atoms with Gasteiger partial charge in [-0.25, -0.2) is 4.79 Å². The average Bonchev–Trinajstić information content (AvgIpc) is 3.06. The van der Waals surface area contributed by atoms with Crippen LogP contribution in [0.5, 0.6) is 5.75 Å². The van der Waals surface area contributed by atoms with Gasteiger partial charge in [0, 0.05) is 13.5 Å². The van der Waals surface area contributed by atoms with Gasteiger partial charge in [0.05, 0.1) is 24.2 Å². The molecule has 3 aromatic rings. The highest BCUT2D eigenvalue weighted by atomic mass is 16.6. The summed E-state index contributed by atoms with van der Waals surface area (Å²) in [6, 6.07) is 24.6. The number of aliphatic hydroxyl groups is 2. The van der Waals surface area contributed by atoms with E-state index in [0.717, 1.165) is 16.7 Å². The van der Waals surface area contributed by atoms with Gasteiger partial charge in [-0.1, -0.05) is 84.9 Å². The Kier molecular flexibility index (Phi) is 15.2. The Hall–Kier alpha value is -4.67. The lowest BCUT2D eigenvalue weighted by Gasteiger charge is -2.27. The van der Waals surface area contributed by atoms with Gasteiger partial charge in [0.2, 0.25) is 11.8 Å². The quantitative estimate of drug-likeness (QED) is 0.128. The van der Waals surface area contributed by atoms with Crippen molar-refractivity contribution in [2.24, 2.45) is 5.92 Å². The van der Waals surface area contributed by atoms with E-state index in [4.69, 9.17) is 9.47 Å². The third-order valence-electron chi connectivity index (χ3n) is 7.89. The molecule has 5 N–H and O–H groups in total. The first-order valence-electron chi connectivity index (χ1n) is 17.4. The van der Waals surface area contributed by atoms with Crippen LogP contribution < -0.4 is 20.7 Å². The van der Waals surface area contributed by atoms with Crippen LogP contribution in [0.2, 0.25) is 0 Å². The molecule has 0 heterocycles. The molecule has 3 aromatic carbocycles. The van der Waals surface area contributed by atoms with Gasteiger partial charge in [-0.2, -0.15) is 0 Å². The zero-order valence-electron chi connectivity index (χ0n) is 30.9. The SMILES string of the molecule is CNC(=O)[C@H](Cc1ccccc1)NC(=O)[C@H](Cc1ccccc1)[C@@H](O)/C=C/C[C@H](O)[C@H](Cc1ccc(OC(C)(C)C)cc1)NC(=O)OC(C)(C)C. The van der Waals surface area contributed by atoms with Crippen LogP contribution in [-0.2, 0) is 33.6 Å². The average molecular weight is 702 g/mol. The van der Waals surface area contributed by atoms with Crippen molar-refractivity contribution in [2.75, 3.05) is 7.05 Å². The lowest BCUT2D eigenvalue weighted by atomic mass is 9.91. The van der Waals surface area contributed by atoms with Crippen molar-refractivity contribution in [1.29, 1.82) is 0 Å². The zero-order chi connectivity index (χ0) is 37.6. The lowest BCUT2D eigenvalue weighted by molar-refractivity contribution is -0.132. The molecule has 0 radical (unpaired) electrons. The van der Waals surface area contributed by atoms with Crippen LogP contribution in [0.4, 0.5) is 4.79 Å². The van der Waals surface area contributed by atoms with E-state index in [1.165, 1.54) is 13.1 Å².